The van der Waals surface area contributed by atoms with Crippen molar-refractivity contribution in [3.05, 3.63) is 63.6 Å². The number of aryl methyl sites for hydroxylation is 2. The molecule has 112 valence electrons. The summed E-state index contributed by atoms with van der Waals surface area (Å²) in [7, 11) is 0. The summed E-state index contributed by atoms with van der Waals surface area (Å²) >= 11 is 3.40. The third kappa shape index (κ3) is 2.64. The van der Waals surface area contributed by atoms with Crippen LogP contribution in [0.1, 0.15) is 21.7 Å². The first kappa shape index (κ1) is 14.8. The minimum absolute atomic E-state index is 0.233. The summed E-state index contributed by atoms with van der Waals surface area (Å²) < 4.78 is 19.9. The number of benzene rings is 2. The molecular weight excluding hydrogens is 349 g/mol. The molecular formula is C17H13BrFNO2. The minimum Gasteiger partial charge on any atom is -0.451 e. The summed E-state index contributed by atoms with van der Waals surface area (Å²) in [4.78, 5) is 12.4. The van der Waals surface area contributed by atoms with Crippen LogP contribution in [0.4, 0.5) is 10.1 Å². The normalized spacial score (nSPS) is 10.9. The van der Waals surface area contributed by atoms with Gasteiger partial charge in [-0.1, -0.05) is 22.0 Å². The Morgan fingerprint density at radius 1 is 1.18 bits per heavy atom. The van der Waals surface area contributed by atoms with Crippen molar-refractivity contribution < 1.29 is 13.6 Å². The van der Waals surface area contributed by atoms with Gasteiger partial charge in [-0.2, -0.15) is 0 Å². The number of carbonyl (C=O) groups is 1. The Hall–Kier alpha value is -2.14. The molecule has 0 fully saturated rings. The Balaban J connectivity index is 1.99. The van der Waals surface area contributed by atoms with Crippen LogP contribution in [-0.4, -0.2) is 5.91 Å². The van der Waals surface area contributed by atoms with E-state index in [-0.39, 0.29) is 5.76 Å². The number of anilines is 1. The molecule has 0 atom stereocenters. The van der Waals surface area contributed by atoms with Crippen LogP contribution in [0, 0.1) is 19.7 Å². The lowest BCUT2D eigenvalue weighted by Gasteiger charge is -2.07. The van der Waals surface area contributed by atoms with E-state index in [2.05, 4.69) is 21.2 Å². The van der Waals surface area contributed by atoms with E-state index >= 15 is 0 Å². The maximum Gasteiger partial charge on any atom is 0.291 e. The second-order valence-corrected chi connectivity index (χ2v) is 6.03. The molecule has 0 saturated heterocycles. The van der Waals surface area contributed by atoms with E-state index in [1.807, 2.05) is 19.1 Å². The van der Waals surface area contributed by atoms with Crippen LogP contribution in [-0.2, 0) is 0 Å². The molecule has 5 heteroatoms. The first-order valence-corrected chi connectivity index (χ1v) is 7.51. The molecule has 0 bridgehead atoms. The topological polar surface area (TPSA) is 42.2 Å². The highest BCUT2D eigenvalue weighted by Crippen LogP contribution is 2.29. The molecule has 0 spiro atoms. The lowest BCUT2D eigenvalue weighted by Crippen LogP contribution is -2.13. The van der Waals surface area contributed by atoms with E-state index in [1.54, 1.807) is 19.1 Å². The average molecular weight is 362 g/mol. The van der Waals surface area contributed by atoms with E-state index < -0.39 is 11.7 Å². The van der Waals surface area contributed by atoms with Gasteiger partial charge >= 0.3 is 0 Å². The Labute approximate surface area is 135 Å². The highest BCUT2D eigenvalue weighted by atomic mass is 79.9. The summed E-state index contributed by atoms with van der Waals surface area (Å²) in [5.41, 5.74) is 2.61. The lowest BCUT2D eigenvalue weighted by molar-refractivity contribution is 0.0998. The molecule has 1 aromatic heterocycles. The molecule has 0 saturated carbocycles. The second kappa shape index (κ2) is 5.57. The third-order valence-electron chi connectivity index (χ3n) is 3.55. The van der Waals surface area contributed by atoms with Gasteiger partial charge in [0.15, 0.2) is 5.76 Å². The van der Waals surface area contributed by atoms with E-state index in [4.69, 9.17) is 4.42 Å². The molecule has 0 unspecified atom stereocenters. The molecule has 3 aromatic rings. The predicted molar refractivity (Wildman–Crippen MR) is 87.7 cm³/mol. The maximum absolute atomic E-state index is 13.3. The monoisotopic (exact) mass is 361 g/mol. The number of amides is 1. The summed E-state index contributed by atoms with van der Waals surface area (Å²) in [6.07, 6.45) is 0. The zero-order valence-corrected chi connectivity index (χ0v) is 13.6. The van der Waals surface area contributed by atoms with Crippen molar-refractivity contribution in [3.63, 3.8) is 0 Å². The number of nitrogens with one attached hydrogen (secondary N) is 1. The number of furan rings is 1. The highest BCUT2D eigenvalue weighted by molar-refractivity contribution is 9.10. The molecule has 1 N–H and O–H groups in total. The average Bonchev–Trinajstić information content (AvgIpc) is 2.80. The third-order valence-corrected chi connectivity index (χ3v) is 4.05. The fourth-order valence-corrected chi connectivity index (χ4v) is 2.68. The van der Waals surface area contributed by atoms with Crippen molar-refractivity contribution >= 4 is 38.5 Å². The van der Waals surface area contributed by atoms with Gasteiger partial charge in [-0.05, 0) is 49.7 Å². The molecule has 0 radical (unpaired) electrons. The number of fused-ring (bicyclic) bond motifs is 1. The first-order valence-electron chi connectivity index (χ1n) is 6.72. The number of carbonyl (C=O) groups excluding carboxylic acids is 1. The SMILES string of the molecule is Cc1ccc(F)cc1NC(=O)c1oc2ccc(Br)cc2c1C. The Morgan fingerprint density at radius 3 is 2.73 bits per heavy atom. The molecule has 1 heterocycles. The fourth-order valence-electron chi connectivity index (χ4n) is 2.32. The summed E-state index contributed by atoms with van der Waals surface area (Å²) in [6.45, 7) is 3.63. The van der Waals surface area contributed by atoms with Crippen LogP contribution in [0.25, 0.3) is 11.0 Å². The molecule has 1 amide bonds. The first-order chi connectivity index (χ1) is 10.5. The van der Waals surface area contributed by atoms with Gasteiger partial charge in [-0.25, -0.2) is 4.39 Å². The van der Waals surface area contributed by atoms with Gasteiger partial charge in [0.2, 0.25) is 0 Å². The largest absolute Gasteiger partial charge is 0.451 e. The van der Waals surface area contributed by atoms with E-state index in [0.29, 0.717) is 11.3 Å². The van der Waals surface area contributed by atoms with Crippen molar-refractivity contribution in [2.45, 2.75) is 13.8 Å². The molecule has 0 aliphatic carbocycles. The van der Waals surface area contributed by atoms with Crippen molar-refractivity contribution in [3.8, 4) is 0 Å². The second-order valence-electron chi connectivity index (χ2n) is 5.11. The van der Waals surface area contributed by atoms with Crippen LogP contribution in [0.2, 0.25) is 0 Å². The van der Waals surface area contributed by atoms with Crippen LogP contribution in [0.15, 0.2) is 45.3 Å². The van der Waals surface area contributed by atoms with Crippen molar-refractivity contribution in [2.75, 3.05) is 5.32 Å². The maximum atomic E-state index is 13.3. The van der Waals surface area contributed by atoms with Crippen molar-refractivity contribution in [1.82, 2.24) is 0 Å². The molecule has 0 aliphatic rings. The molecule has 2 aromatic carbocycles. The minimum atomic E-state index is -0.397. The smallest absolute Gasteiger partial charge is 0.291 e. The number of rotatable bonds is 2. The van der Waals surface area contributed by atoms with Crippen molar-refractivity contribution in [1.29, 1.82) is 0 Å². The molecule has 3 nitrogen and oxygen atoms in total. The fraction of sp³-hybridized carbons (Fsp3) is 0.118. The van der Waals surface area contributed by atoms with Gasteiger partial charge < -0.3 is 9.73 Å². The van der Waals surface area contributed by atoms with E-state index in [1.165, 1.54) is 12.1 Å². The predicted octanol–water partition coefficient (Wildman–Crippen LogP) is 5.20. The quantitative estimate of drug-likeness (QED) is 0.681. The standard InChI is InChI=1S/C17H13BrFNO2/c1-9-3-5-12(19)8-14(9)20-17(21)16-10(2)13-7-11(18)4-6-15(13)22-16/h3-8H,1-2H3,(H,20,21). The summed E-state index contributed by atoms with van der Waals surface area (Å²) in [6, 6.07) is 9.82. The van der Waals surface area contributed by atoms with Gasteiger partial charge in [0.25, 0.3) is 5.91 Å². The van der Waals surface area contributed by atoms with Gasteiger partial charge in [-0.15, -0.1) is 0 Å². The van der Waals surface area contributed by atoms with Gasteiger partial charge in [0, 0.05) is 21.1 Å². The Morgan fingerprint density at radius 2 is 1.95 bits per heavy atom. The lowest BCUT2D eigenvalue weighted by atomic mass is 10.1. The number of hydrogen-bond donors (Lipinski definition) is 1. The van der Waals surface area contributed by atoms with Gasteiger partial charge in [0.05, 0.1) is 0 Å². The van der Waals surface area contributed by atoms with E-state index in [9.17, 15) is 9.18 Å². The van der Waals surface area contributed by atoms with Crippen LogP contribution in [0.5, 0.6) is 0 Å². The Bertz CT molecular complexity index is 886. The Kier molecular flexibility index (Phi) is 3.74. The van der Waals surface area contributed by atoms with Crippen LogP contribution in [0.3, 0.4) is 0 Å². The van der Waals surface area contributed by atoms with Crippen LogP contribution < -0.4 is 5.32 Å². The molecule has 22 heavy (non-hydrogen) atoms. The number of hydrogen-bond acceptors (Lipinski definition) is 2. The summed E-state index contributed by atoms with van der Waals surface area (Å²) in [5.74, 6) is -0.554. The zero-order valence-electron chi connectivity index (χ0n) is 12.0. The molecule has 3 rings (SSSR count). The zero-order chi connectivity index (χ0) is 15.9. The van der Waals surface area contributed by atoms with Gasteiger partial charge in [-0.3, -0.25) is 4.79 Å². The van der Waals surface area contributed by atoms with E-state index in [0.717, 1.165) is 21.0 Å². The number of halogens is 2. The summed E-state index contributed by atoms with van der Waals surface area (Å²) in [5, 5.41) is 3.57. The highest BCUT2D eigenvalue weighted by Gasteiger charge is 2.18. The van der Waals surface area contributed by atoms with Gasteiger partial charge in [0.1, 0.15) is 11.4 Å². The van der Waals surface area contributed by atoms with Crippen LogP contribution >= 0.6 is 15.9 Å². The molecule has 0 aliphatic heterocycles. The van der Waals surface area contributed by atoms with Crippen molar-refractivity contribution in [2.24, 2.45) is 0 Å².